The van der Waals surface area contributed by atoms with Gasteiger partial charge in [0.1, 0.15) is 17.5 Å². The number of benzene rings is 5. The van der Waals surface area contributed by atoms with Gasteiger partial charge >= 0.3 is 0 Å². The SMILES string of the molecule is Fc1cccc(F)c1-c1ccc2c(c1)sc1c(-c3nc4ccccc4n3-c3ccccc3)cccc12. The van der Waals surface area contributed by atoms with E-state index in [1.165, 1.54) is 18.2 Å². The van der Waals surface area contributed by atoms with Crippen LogP contribution in [0.25, 0.3) is 59.4 Å². The molecule has 0 fully saturated rings. The van der Waals surface area contributed by atoms with Crippen LogP contribution in [0.1, 0.15) is 0 Å². The Hall–Kier alpha value is -4.35. The predicted octanol–water partition coefficient (Wildman–Crippen LogP) is 9.01. The molecule has 7 rings (SSSR count). The lowest BCUT2D eigenvalue weighted by atomic mass is 10.0. The molecule has 0 aliphatic heterocycles. The first kappa shape index (κ1) is 21.0. The van der Waals surface area contributed by atoms with Crippen LogP contribution in [-0.2, 0) is 0 Å². The van der Waals surface area contributed by atoms with Crippen molar-refractivity contribution in [3.63, 3.8) is 0 Å². The number of imidazole rings is 1. The highest BCUT2D eigenvalue weighted by molar-refractivity contribution is 7.26. The first-order chi connectivity index (χ1) is 17.7. The van der Waals surface area contributed by atoms with Gasteiger partial charge in [-0.05, 0) is 54.1 Å². The van der Waals surface area contributed by atoms with Crippen molar-refractivity contribution < 1.29 is 8.78 Å². The van der Waals surface area contributed by atoms with Gasteiger partial charge in [-0.3, -0.25) is 4.57 Å². The van der Waals surface area contributed by atoms with E-state index in [9.17, 15) is 8.78 Å². The fourth-order valence-electron chi connectivity index (χ4n) is 4.95. The predicted molar refractivity (Wildman–Crippen MR) is 145 cm³/mol. The Bertz CT molecular complexity index is 1900. The molecule has 2 heterocycles. The third kappa shape index (κ3) is 3.17. The third-order valence-corrected chi connectivity index (χ3v) is 7.77. The number of rotatable bonds is 3. The lowest BCUT2D eigenvalue weighted by Gasteiger charge is -2.10. The van der Waals surface area contributed by atoms with E-state index in [4.69, 9.17) is 4.98 Å². The zero-order valence-corrected chi connectivity index (χ0v) is 19.8. The smallest absolute Gasteiger partial charge is 0.147 e. The fourth-order valence-corrected chi connectivity index (χ4v) is 6.20. The molecular formula is C31H18F2N2S. The van der Waals surface area contributed by atoms with Gasteiger partial charge in [-0.1, -0.05) is 60.7 Å². The Labute approximate surface area is 209 Å². The summed E-state index contributed by atoms with van der Waals surface area (Å²) in [5, 5.41) is 2.15. The van der Waals surface area contributed by atoms with E-state index in [0.29, 0.717) is 5.56 Å². The summed E-state index contributed by atoms with van der Waals surface area (Å²) in [6.07, 6.45) is 0. The van der Waals surface area contributed by atoms with Crippen molar-refractivity contribution in [2.45, 2.75) is 0 Å². The van der Waals surface area contributed by atoms with Gasteiger partial charge in [0.2, 0.25) is 0 Å². The van der Waals surface area contributed by atoms with Crippen LogP contribution in [0.5, 0.6) is 0 Å². The summed E-state index contributed by atoms with van der Waals surface area (Å²) in [5.74, 6) is -0.264. The molecule has 2 aromatic heterocycles. The summed E-state index contributed by atoms with van der Waals surface area (Å²) < 4.78 is 33.2. The number of hydrogen-bond donors (Lipinski definition) is 0. The maximum atomic E-state index is 14.5. The van der Waals surface area contributed by atoms with Crippen molar-refractivity contribution in [1.29, 1.82) is 0 Å². The first-order valence-electron chi connectivity index (χ1n) is 11.6. The number of hydrogen-bond acceptors (Lipinski definition) is 2. The average molecular weight is 489 g/mol. The monoisotopic (exact) mass is 488 g/mol. The second kappa shape index (κ2) is 8.11. The lowest BCUT2D eigenvalue weighted by Crippen LogP contribution is -1.97. The Morgan fingerprint density at radius 1 is 0.667 bits per heavy atom. The van der Waals surface area contributed by atoms with Crippen molar-refractivity contribution >= 4 is 42.5 Å². The van der Waals surface area contributed by atoms with Crippen LogP contribution in [0.3, 0.4) is 0 Å². The zero-order valence-electron chi connectivity index (χ0n) is 19.0. The van der Waals surface area contributed by atoms with Crippen LogP contribution >= 0.6 is 11.3 Å². The Morgan fingerprint density at radius 3 is 2.25 bits per heavy atom. The van der Waals surface area contributed by atoms with Gasteiger partial charge in [0.25, 0.3) is 0 Å². The second-order valence-electron chi connectivity index (χ2n) is 8.69. The molecule has 0 radical (unpaired) electrons. The van der Waals surface area contributed by atoms with Crippen LogP contribution in [-0.4, -0.2) is 9.55 Å². The molecule has 0 bridgehead atoms. The summed E-state index contributed by atoms with van der Waals surface area (Å²) >= 11 is 1.62. The average Bonchev–Trinajstić information content (AvgIpc) is 3.47. The Morgan fingerprint density at radius 2 is 1.42 bits per heavy atom. The summed E-state index contributed by atoms with van der Waals surface area (Å²) in [5.41, 5.74) is 4.55. The molecule has 172 valence electrons. The van der Waals surface area contributed by atoms with Crippen molar-refractivity contribution in [3.8, 4) is 28.2 Å². The minimum absolute atomic E-state index is 0.00273. The normalized spacial score (nSPS) is 11.6. The lowest BCUT2D eigenvalue weighted by molar-refractivity contribution is 0.589. The third-order valence-electron chi connectivity index (χ3n) is 6.57. The molecule has 0 unspecified atom stereocenters. The van der Waals surface area contributed by atoms with Gasteiger partial charge < -0.3 is 0 Å². The molecular weight excluding hydrogens is 470 g/mol. The highest BCUT2D eigenvalue weighted by Gasteiger charge is 2.19. The van der Waals surface area contributed by atoms with Crippen LogP contribution < -0.4 is 0 Å². The number of aromatic nitrogens is 2. The molecule has 0 saturated carbocycles. The molecule has 7 aromatic rings. The molecule has 0 aliphatic carbocycles. The van der Waals surface area contributed by atoms with E-state index in [1.54, 1.807) is 17.4 Å². The number of nitrogens with zero attached hydrogens (tertiary/aromatic N) is 2. The van der Waals surface area contributed by atoms with E-state index >= 15 is 0 Å². The fraction of sp³-hybridized carbons (Fsp3) is 0. The van der Waals surface area contributed by atoms with E-state index in [0.717, 1.165) is 48.3 Å². The Balaban J connectivity index is 1.50. The van der Waals surface area contributed by atoms with Crippen molar-refractivity contribution in [2.24, 2.45) is 0 Å². The van der Waals surface area contributed by atoms with Gasteiger partial charge in [0.15, 0.2) is 0 Å². The molecule has 2 nitrogen and oxygen atoms in total. The van der Waals surface area contributed by atoms with Gasteiger partial charge in [-0.2, -0.15) is 0 Å². The highest BCUT2D eigenvalue weighted by atomic mass is 32.1. The van der Waals surface area contributed by atoms with Crippen molar-refractivity contribution in [2.75, 3.05) is 0 Å². The van der Waals surface area contributed by atoms with Gasteiger partial charge in [0.05, 0.1) is 16.6 Å². The molecule has 0 aliphatic rings. The second-order valence-corrected chi connectivity index (χ2v) is 9.74. The zero-order chi connectivity index (χ0) is 24.2. The molecule has 5 heteroatoms. The molecule has 5 aromatic carbocycles. The minimum atomic E-state index is -0.562. The number of halogens is 2. The maximum absolute atomic E-state index is 14.5. The van der Waals surface area contributed by atoms with E-state index in [2.05, 4.69) is 34.9 Å². The molecule has 0 atom stereocenters. The summed E-state index contributed by atoms with van der Waals surface area (Å²) in [7, 11) is 0. The topological polar surface area (TPSA) is 17.8 Å². The van der Waals surface area contributed by atoms with Gasteiger partial charge in [-0.25, -0.2) is 13.8 Å². The highest BCUT2D eigenvalue weighted by Crippen LogP contribution is 2.42. The Kier molecular flexibility index (Phi) is 4.72. The van der Waals surface area contributed by atoms with Crippen LogP contribution in [0.2, 0.25) is 0 Å². The number of fused-ring (bicyclic) bond motifs is 4. The summed E-state index contributed by atoms with van der Waals surface area (Å²) in [6.45, 7) is 0. The standard InChI is InChI=1S/C31H18F2N2S/c32-24-12-7-13-25(33)29(24)19-16-17-21-22-10-6-11-23(30(22)36-28(21)18-19)31-34-26-14-4-5-15-27(26)35(31)20-8-2-1-3-9-20/h1-18H. The van der Waals surface area contributed by atoms with Gasteiger partial charge in [0, 0.05) is 31.4 Å². The summed E-state index contributed by atoms with van der Waals surface area (Å²) in [6, 6.07) is 34.2. The van der Waals surface area contributed by atoms with E-state index in [1.807, 2.05) is 54.6 Å². The largest absolute Gasteiger partial charge is 0.292 e. The maximum Gasteiger partial charge on any atom is 0.147 e. The van der Waals surface area contributed by atoms with Crippen molar-refractivity contribution in [1.82, 2.24) is 9.55 Å². The molecule has 0 amide bonds. The van der Waals surface area contributed by atoms with Gasteiger partial charge in [-0.15, -0.1) is 11.3 Å². The quantitative estimate of drug-likeness (QED) is 0.243. The van der Waals surface area contributed by atoms with Crippen LogP contribution in [0.15, 0.2) is 109 Å². The van der Waals surface area contributed by atoms with Crippen molar-refractivity contribution in [3.05, 3.63) is 121 Å². The number of thiophene rings is 1. The first-order valence-corrected chi connectivity index (χ1v) is 12.4. The van der Waals surface area contributed by atoms with Crippen LogP contribution in [0, 0.1) is 11.6 Å². The van der Waals surface area contributed by atoms with Crippen LogP contribution in [0.4, 0.5) is 8.78 Å². The minimum Gasteiger partial charge on any atom is -0.292 e. The molecule has 36 heavy (non-hydrogen) atoms. The number of para-hydroxylation sites is 3. The molecule has 0 N–H and O–H groups in total. The van der Waals surface area contributed by atoms with E-state index < -0.39 is 11.6 Å². The summed E-state index contributed by atoms with van der Waals surface area (Å²) in [4.78, 5) is 5.04. The molecule has 0 spiro atoms. The van der Waals surface area contributed by atoms with E-state index in [-0.39, 0.29) is 5.56 Å². The molecule has 0 saturated heterocycles.